The van der Waals surface area contributed by atoms with Crippen molar-refractivity contribution in [2.45, 2.75) is 17.5 Å². The van der Waals surface area contributed by atoms with Crippen molar-refractivity contribution in [1.29, 1.82) is 0 Å². The number of anilines is 1. The molecule has 1 heterocycles. The highest BCUT2D eigenvalue weighted by atomic mass is 35.5. The zero-order valence-electron chi connectivity index (χ0n) is 18.6. The van der Waals surface area contributed by atoms with E-state index in [4.69, 9.17) is 23.2 Å². The Balaban J connectivity index is 1.53. The monoisotopic (exact) mass is 524 g/mol. The van der Waals surface area contributed by atoms with Crippen LogP contribution >= 0.6 is 23.2 Å². The molecule has 0 saturated heterocycles. The van der Waals surface area contributed by atoms with Crippen LogP contribution in [0.2, 0.25) is 10.0 Å². The lowest BCUT2D eigenvalue weighted by Crippen LogP contribution is -2.39. The van der Waals surface area contributed by atoms with Gasteiger partial charge in [0.1, 0.15) is 0 Å². The van der Waals surface area contributed by atoms with Crippen LogP contribution in [0.4, 0.5) is 5.69 Å². The molecule has 0 unspecified atom stereocenters. The average Bonchev–Trinajstić information content (AvgIpc) is 3.17. The Morgan fingerprint density at radius 1 is 0.743 bits per heavy atom. The van der Waals surface area contributed by atoms with Gasteiger partial charge >= 0.3 is 0 Å². The molecule has 1 aromatic heterocycles. The fourth-order valence-electron chi connectivity index (χ4n) is 4.34. The number of aromatic nitrogens is 1. The summed E-state index contributed by atoms with van der Waals surface area (Å²) < 4.78 is 30.5. The summed E-state index contributed by atoms with van der Waals surface area (Å²) in [4.78, 5) is 0.0842. The maximum atomic E-state index is 13.6. The first-order valence-corrected chi connectivity index (χ1v) is 13.2. The second kappa shape index (κ2) is 9.55. The number of fused-ring (bicyclic) bond motifs is 3. The van der Waals surface area contributed by atoms with E-state index in [0.29, 0.717) is 15.7 Å². The van der Waals surface area contributed by atoms with Crippen LogP contribution in [0.1, 0.15) is 0 Å². The van der Waals surface area contributed by atoms with Gasteiger partial charge in [0.2, 0.25) is 0 Å². The van der Waals surface area contributed by atoms with Gasteiger partial charge in [-0.15, -0.1) is 0 Å². The van der Waals surface area contributed by atoms with Gasteiger partial charge in [-0.1, -0.05) is 59.6 Å². The number of nitrogens with zero attached hydrogens (tertiary/aromatic N) is 2. The van der Waals surface area contributed by atoms with E-state index in [9.17, 15) is 13.5 Å². The number of hydrogen-bond donors (Lipinski definition) is 1. The summed E-state index contributed by atoms with van der Waals surface area (Å²) in [5.41, 5.74) is 2.36. The number of hydrogen-bond acceptors (Lipinski definition) is 3. The molecule has 0 amide bonds. The maximum absolute atomic E-state index is 13.6. The molecule has 0 aliphatic rings. The van der Waals surface area contributed by atoms with Gasteiger partial charge in [0.25, 0.3) is 10.0 Å². The summed E-state index contributed by atoms with van der Waals surface area (Å²) in [5.74, 6) is 0. The lowest BCUT2D eigenvalue weighted by Gasteiger charge is -2.27. The predicted molar refractivity (Wildman–Crippen MR) is 143 cm³/mol. The van der Waals surface area contributed by atoms with Crippen molar-refractivity contribution in [3.8, 4) is 0 Å². The Morgan fingerprint density at radius 3 is 1.77 bits per heavy atom. The number of rotatable bonds is 7. The Bertz CT molecular complexity index is 1540. The summed E-state index contributed by atoms with van der Waals surface area (Å²) in [6, 6.07) is 28.5. The molecular formula is C27H22Cl2N2O3S. The van der Waals surface area contributed by atoms with Crippen LogP contribution in [-0.2, 0) is 16.6 Å². The molecule has 4 aromatic carbocycles. The second-order valence-corrected chi connectivity index (χ2v) is 11.0. The normalized spacial score (nSPS) is 12.8. The minimum absolute atomic E-state index is 0.0842. The van der Waals surface area contributed by atoms with Gasteiger partial charge < -0.3 is 9.67 Å². The highest BCUT2D eigenvalue weighted by Crippen LogP contribution is 2.30. The van der Waals surface area contributed by atoms with Crippen molar-refractivity contribution < 1.29 is 13.5 Å². The van der Waals surface area contributed by atoms with Gasteiger partial charge in [-0.05, 0) is 60.7 Å². The van der Waals surface area contributed by atoms with Crippen LogP contribution in [0.3, 0.4) is 0 Å². The molecule has 0 aliphatic carbocycles. The molecule has 35 heavy (non-hydrogen) atoms. The summed E-state index contributed by atoms with van der Waals surface area (Å²) in [7, 11) is -3.98. The molecule has 0 fully saturated rings. The van der Waals surface area contributed by atoms with Crippen molar-refractivity contribution in [1.82, 2.24) is 4.57 Å². The van der Waals surface area contributed by atoms with Gasteiger partial charge in [-0.2, -0.15) is 0 Å². The minimum atomic E-state index is -3.98. The number of halogens is 2. The zero-order valence-corrected chi connectivity index (χ0v) is 20.9. The van der Waals surface area contributed by atoms with E-state index in [1.54, 1.807) is 24.3 Å². The van der Waals surface area contributed by atoms with E-state index in [-0.39, 0.29) is 18.0 Å². The lowest BCUT2D eigenvalue weighted by molar-refractivity contribution is 0.166. The van der Waals surface area contributed by atoms with Crippen molar-refractivity contribution in [2.75, 3.05) is 10.8 Å². The Kier molecular flexibility index (Phi) is 6.47. The van der Waals surface area contributed by atoms with Crippen molar-refractivity contribution in [3.05, 3.63) is 107 Å². The van der Waals surface area contributed by atoms with Crippen LogP contribution in [0, 0.1) is 0 Å². The minimum Gasteiger partial charge on any atom is -0.389 e. The molecular weight excluding hydrogens is 503 g/mol. The van der Waals surface area contributed by atoms with E-state index < -0.39 is 16.1 Å². The quantitative estimate of drug-likeness (QED) is 0.269. The summed E-state index contributed by atoms with van der Waals surface area (Å²) in [5, 5.41) is 14.3. The summed E-state index contributed by atoms with van der Waals surface area (Å²) in [6.07, 6.45) is -0.994. The fourth-order valence-corrected chi connectivity index (χ4v) is 6.10. The third-order valence-electron chi connectivity index (χ3n) is 5.97. The Morgan fingerprint density at radius 2 is 1.23 bits per heavy atom. The molecule has 8 heteroatoms. The largest absolute Gasteiger partial charge is 0.389 e. The highest BCUT2D eigenvalue weighted by molar-refractivity contribution is 7.92. The first kappa shape index (κ1) is 23.7. The van der Waals surface area contributed by atoms with E-state index in [2.05, 4.69) is 0 Å². The lowest BCUT2D eigenvalue weighted by atomic mass is 10.2. The molecule has 0 aliphatic heterocycles. The number of aliphatic hydroxyl groups excluding tert-OH is 1. The van der Waals surface area contributed by atoms with Gasteiger partial charge in [0, 0.05) is 31.9 Å². The zero-order chi connectivity index (χ0) is 24.6. The SMILES string of the molecule is O=S(=O)(c1ccc(Cl)cc1)N(C[C@@H](O)Cn1c2ccccc2c2ccccc21)c1ccc(Cl)cc1. The Labute approximate surface area is 213 Å². The number of benzene rings is 4. The molecule has 1 atom stereocenters. The molecule has 5 nitrogen and oxygen atoms in total. The number of para-hydroxylation sites is 2. The van der Waals surface area contributed by atoms with Gasteiger partial charge in [-0.25, -0.2) is 8.42 Å². The van der Waals surface area contributed by atoms with Crippen LogP contribution in [0.25, 0.3) is 21.8 Å². The highest BCUT2D eigenvalue weighted by Gasteiger charge is 2.28. The van der Waals surface area contributed by atoms with Crippen LogP contribution in [-0.4, -0.2) is 30.7 Å². The molecule has 1 N–H and O–H groups in total. The molecule has 0 bridgehead atoms. The molecule has 0 radical (unpaired) electrons. The van der Waals surface area contributed by atoms with E-state index in [1.807, 2.05) is 53.1 Å². The molecule has 0 spiro atoms. The molecule has 0 saturated carbocycles. The molecule has 178 valence electrons. The van der Waals surface area contributed by atoms with Crippen LogP contribution < -0.4 is 4.31 Å². The van der Waals surface area contributed by atoms with E-state index >= 15 is 0 Å². The molecule has 5 rings (SSSR count). The van der Waals surface area contributed by atoms with Gasteiger partial charge in [0.15, 0.2) is 0 Å². The fraction of sp³-hybridized carbons (Fsp3) is 0.111. The summed E-state index contributed by atoms with van der Waals surface area (Å²) >= 11 is 12.0. The summed E-state index contributed by atoms with van der Waals surface area (Å²) in [6.45, 7) is 0.0711. The third kappa shape index (κ3) is 4.62. The second-order valence-electron chi connectivity index (χ2n) is 8.27. The first-order chi connectivity index (χ1) is 16.8. The van der Waals surface area contributed by atoms with Crippen molar-refractivity contribution >= 4 is 60.7 Å². The third-order valence-corrected chi connectivity index (χ3v) is 8.28. The van der Waals surface area contributed by atoms with Gasteiger partial charge in [0.05, 0.1) is 29.8 Å². The topological polar surface area (TPSA) is 62.5 Å². The number of sulfonamides is 1. The van der Waals surface area contributed by atoms with Crippen molar-refractivity contribution in [2.24, 2.45) is 0 Å². The van der Waals surface area contributed by atoms with E-state index in [1.165, 1.54) is 28.6 Å². The smallest absolute Gasteiger partial charge is 0.264 e. The average molecular weight is 525 g/mol. The van der Waals surface area contributed by atoms with Crippen molar-refractivity contribution in [3.63, 3.8) is 0 Å². The molecule has 5 aromatic rings. The first-order valence-electron chi connectivity index (χ1n) is 11.0. The standard InChI is InChI=1S/C27H22Cl2N2O3S/c28-19-9-13-21(14-10-19)31(35(33,34)23-15-11-20(29)12-16-23)18-22(32)17-30-26-7-3-1-5-24(26)25-6-2-4-8-27(25)30/h1-16,22,32H,17-18H2/t22-/m0/s1. The maximum Gasteiger partial charge on any atom is 0.264 e. The van der Waals surface area contributed by atoms with E-state index in [0.717, 1.165) is 21.8 Å². The van der Waals surface area contributed by atoms with Crippen LogP contribution in [0.5, 0.6) is 0 Å². The predicted octanol–water partition coefficient (Wildman–Crippen LogP) is 6.36. The van der Waals surface area contributed by atoms with Crippen LogP contribution in [0.15, 0.2) is 102 Å². The number of aliphatic hydroxyl groups is 1. The van der Waals surface area contributed by atoms with Gasteiger partial charge in [-0.3, -0.25) is 4.31 Å². The Hall–Kier alpha value is -3.03.